The molecule has 0 aromatic carbocycles. The van der Waals surface area contributed by atoms with Gasteiger partial charge in [-0.3, -0.25) is 4.79 Å². The van der Waals surface area contributed by atoms with E-state index >= 15 is 0 Å². The zero-order valence-corrected chi connectivity index (χ0v) is 16.8. The Morgan fingerprint density at radius 1 is 1.22 bits per heavy atom. The number of rotatable bonds is 7. The summed E-state index contributed by atoms with van der Waals surface area (Å²) in [6, 6.07) is -1.70. The topological polar surface area (TPSA) is 84.9 Å². The highest BCUT2D eigenvalue weighted by Crippen LogP contribution is 2.27. The SMILES string of the molecule is C=CCC(NC(=O)OC(C)(C)C)C(=O)N1C(CC=C)CCCC1C(=O)OC. The molecule has 1 heterocycles. The van der Waals surface area contributed by atoms with Crippen LogP contribution < -0.4 is 5.32 Å². The molecule has 3 unspecified atom stereocenters. The number of amides is 2. The Morgan fingerprint density at radius 2 is 1.89 bits per heavy atom. The molecule has 0 bridgehead atoms. The first-order valence-electron chi connectivity index (χ1n) is 9.26. The highest BCUT2D eigenvalue weighted by atomic mass is 16.6. The average Bonchev–Trinajstić information content (AvgIpc) is 2.58. The van der Waals surface area contributed by atoms with Crippen LogP contribution in [0.5, 0.6) is 0 Å². The van der Waals surface area contributed by atoms with Crippen molar-refractivity contribution in [3.8, 4) is 0 Å². The predicted molar refractivity (Wildman–Crippen MR) is 103 cm³/mol. The third-order valence-electron chi connectivity index (χ3n) is 4.30. The number of hydrogen-bond acceptors (Lipinski definition) is 5. The van der Waals surface area contributed by atoms with Crippen LogP contribution in [0.2, 0.25) is 0 Å². The summed E-state index contributed by atoms with van der Waals surface area (Å²) in [5, 5.41) is 2.61. The molecule has 1 aliphatic heterocycles. The van der Waals surface area contributed by atoms with Gasteiger partial charge in [-0.1, -0.05) is 12.2 Å². The van der Waals surface area contributed by atoms with Gasteiger partial charge in [-0.05, 0) is 52.9 Å². The summed E-state index contributed by atoms with van der Waals surface area (Å²) in [5.74, 6) is -0.797. The molecule has 1 N–H and O–H groups in total. The van der Waals surface area contributed by atoms with Gasteiger partial charge in [-0.25, -0.2) is 9.59 Å². The van der Waals surface area contributed by atoms with Crippen molar-refractivity contribution in [2.75, 3.05) is 7.11 Å². The normalized spacial score (nSPS) is 21.0. The third-order valence-corrected chi connectivity index (χ3v) is 4.30. The molecule has 1 saturated heterocycles. The van der Waals surface area contributed by atoms with Crippen molar-refractivity contribution in [2.24, 2.45) is 0 Å². The molecule has 2 amide bonds. The second-order valence-electron chi connectivity index (χ2n) is 7.62. The van der Waals surface area contributed by atoms with E-state index in [1.807, 2.05) is 0 Å². The van der Waals surface area contributed by atoms with Gasteiger partial charge in [0.25, 0.3) is 0 Å². The molecule has 1 rings (SSSR count). The van der Waals surface area contributed by atoms with E-state index in [1.54, 1.807) is 37.8 Å². The first-order valence-corrected chi connectivity index (χ1v) is 9.26. The summed E-state index contributed by atoms with van der Waals surface area (Å²) in [6.07, 6.45) is 5.49. The number of piperidine rings is 1. The maximum Gasteiger partial charge on any atom is 0.408 e. The van der Waals surface area contributed by atoms with Crippen molar-refractivity contribution < 1.29 is 23.9 Å². The Labute approximate surface area is 161 Å². The van der Waals surface area contributed by atoms with Crippen molar-refractivity contribution in [3.63, 3.8) is 0 Å². The van der Waals surface area contributed by atoms with Crippen molar-refractivity contribution in [1.82, 2.24) is 10.2 Å². The van der Waals surface area contributed by atoms with Crippen LogP contribution in [-0.2, 0) is 19.1 Å². The fourth-order valence-corrected chi connectivity index (χ4v) is 3.22. The third kappa shape index (κ3) is 6.73. The van der Waals surface area contributed by atoms with Crippen LogP contribution in [0.25, 0.3) is 0 Å². The summed E-state index contributed by atoms with van der Waals surface area (Å²) in [5.41, 5.74) is -0.684. The lowest BCUT2D eigenvalue weighted by atomic mass is 9.92. The minimum atomic E-state index is -0.866. The monoisotopic (exact) mass is 380 g/mol. The summed E-state index contributed by atoms with van der Waals surface area (Å²) >= 11 is 0. The maximum atomic E-state index is 13.3. The number of hydrogen-bond donors (Lipinski definition) is 1. The fraction of sp³-hybridized carbons (Fsp3) is 0.650. The molecule has 7 heteroatoms. The van der Waals surface area contributed by atoms with Gasteiger partial charge in [0.15, 0.2) is 0 Å². The van der Waals surface area contributed by atoms with Gasteiger partial charge < -0.3 is 19.7 Å². The van der Waals surface area contributed by atoms with E-state index in [0.29, 0.717) is 12.8 Å². The first-order chi connectivity index (χ1) is 12.6. The number of nitrogens with one attached hydrogen (secondary N) is 1. The van der Waals surface area contributed by atoms with Gasteiger partial charge in [-0.15, -0.1) is 13.2 Å². The molecule has 0 aliphatic carbocycles. The maximum absolute atomic E-state index is 13.3. The van der Waals surface area contributed by atoms with Gasteiger partial charge in [0.1, 0.15) is 17.7 Å². The van der Waals surface area contributed by atoms with E-state index in [2.05, 4.69) is 18.5 Å². The molecule has 1 fully saturated rings. The van der Waals surface area contributed by atoms with Crippen molar-refractivity contribution in [3.05, 3.63) is 25.3 Å². The summed E-state index contributed by atoms with van der Waals surface area (Å²) < 4.78 is 10.2. The van der Waals surface area contributed by atoms with E-state index in [4.69, 9.17) is 9.47 Å². The zero-order valence-electron chi connectivity index (χ0n) is 16.8. The van der Waals surface area contributed by atoms with Crippen molar-refractivity contribution >= 4 is 18.0 Å². The van der Waals surface area contributed by atoms with Crippen LogP contribution in [0, 0.1) is 0 Å². The van der Waals surface area contributed by atoms with E-state index in [-0.39, 0.29) is 18.4 Å². The summed E-state index contributed by atoms with van der Waals surface area (Å²) in [6.45, 7) is 12.6. The minimum absolute atomic E-state index is 0.166. The Balaban J connectivity index is 3.08. The number of likely N-dealkylation sites (tertiary alicyclic amines) is 1. The largest absolute Gasteiger partial charge is 0.467 e. The molecular formula is C20H32N2O5. The lowest BCUT2D eigenvalue weighted by Gasteiger charge is -2.42. The molecule has 0 aromatic heterocycles. The standard InChI is InChI=1S/C20H32N2O5/c1-7-10-14-12-9-13-16(18(24)26-6)22(14)17(23)15(11-8-2)21-19(25)27-20(3,4)5/h7-8,14-16H,1-2,9-13H2,3-6H3,(H,21,25). The van der Waals surface area contributed by atoms with E-state index < -0.39 is 29.7 Å². The van der Waals surface area contributed by atoms with Crippen molar-refractivity contribution in [2.45, 2.75) is 76.6 Å². The van der Waals surface area contributed by atoms with Gasteiger partial charge in [-0.2, -0.15) is 0 Å². The summed E-state index contributed by atoms with van der Waals surface area (Å²) in [7, 11) is 1.31. The highest BCUT2D eigenvalue weighted by molar-refractivity contribution is 5.90. The molecule has 27 heavy (non-hydrogen) atoms. The van der Waals surface area contributed by atoms with Crippen LogP contribution in [0.1, 0.15) is 52.9 Å². The molecule has 3 atom stereocenters. The highest BCUT2D eigenvalue weighted by Gasteiger charge is 2.41. The molecule has 0 saturated carbocycles. The predicted octanol–water partition coefficient (Wildman–Crippen LogP) is 2.95. The number of nitrogens with zero attached hydrogens (tertiary/aromatic N) is 1. The zero-order chi connectivity index (χ0) is 20.6. The molecular weight excluding hydrogens is 348 g/mol. The second-order valence-corrected chi connectivity index (χ2v) is 7.62. The van der Waals surface area contributed by atoms with Gasteiger partial charge in [0, 0.05) is 6.04 Å². The lowest BCUT2D eigenvalue weighted by Crippen LogP contribution is -2.59. The van der Waals surface area contributed by atoms with Gasteiger partial charge >= 0.3 is 12.1 Å². The quantitative estimate of drug-likeness (QED) is 0.542. The molecule has 0 aromatic rings. The second kappa shape index (κ2) is 10.1. The Bertz CT molecular complexity index is 567. The molecule has 0 radical (unpaired) electrons. The number of esters is 1. The molecule has 1 aliphatic rings. The van der Waals surface area contributed by atoms with E-state index in [9.17, 15) is 14.4 Å². The van der Waals surface area contributed by atoms with Crippen LogP contribution in [0.3, 0.4) is 0 Å². The number of carbonyl (C=O) groups is 3. The fourth-order valence-electron chi connectivity index (χ4n) is 3.22. The molecule has 7 nitrogen and oxygen atoms in total. The molecule has 152 valence electrons. The Kier molecular flexibility index (Phi) is 8.53. The van der Waals surface area contributed by atoms with Gasteiger partial charge in [0.2, 0.25) is 5.91 Å². The number of carbonyl (C=O) groups excluding carboxylic acids is 3. The van der Waals surface area contributed by atoms with E-state index in [1.165, 1.54) is 7.11 Å². The van der Waals surface area contributed by atoms with Crippen molar-refractivity contribution in [1.29, 1.82) is 0 Å². The van der Waals surface area contributed by atoms with E-state index in [0.717, 1.165) is 12.8 Å². The Hall–Kier alpha value is -2.31. The Morgan fingerprint density at radius 3 is 2.41 bits per heavy atom. The first kappa shape index (κ1) is 22.7. The number of alkyl carbamates (subject to hydrolysis) is 1. The van der Waals surface area contributed by atoms with Gasteiger partial charge in [0.05, 0.1) is 7.11 Å². The lowest BCUT2D eigenvalue weighted by molar-refractivity contribution is -0.158. The van der Waals surface area contributed by atoms with Crippen LogP contribution in [0.15, 0.2) is 25.3 Å². The number of ether oxygens (including phenoxy) is 2. The van der Waals surface area contributed by atoms with Crippen LogP contribution >= 0.6 is 0 Å². The van der Waals surface area contributed by atoms with Crippen LogP contribution in [0.4, 0.5) is 4.79 Å². The average molecular weight is 380 g/mol. The minimum Gasteiger partial charge on any atom is -0.467 e. The smallest absolute Gasteiger partial charge is 0.408 e. The molecule has 0 spiro atoms. The number of methoxy groups -OCH3 is 1. The summed E-state index contributed by atoms with van der Waals surface area (Å²) in [4.78, 5) is 39.2. The van der Waals surface area contributed by atoms with Crippen LogP contribution in [-0.4, -0.2) is 53.7 Å².